The highest BCUT2D eigenvalue weighted by Gasteiger charge is 2.44. The Morgan fingerprint density at radius 2 is 1.81 bits per heavy atom. The molecular formula is C16H24N2O8S. The number of carbonyl (C=O) groups excluding carboxylic acids is 1. The van der Waals surface area contributed by atoms with Gasteiger partial charge >= 0.3 is 0 Å². The highest BCUT2D eigenvalue weighted by Crippen LogP contribution is 2.22. The summed E-state index contributed by atoms with van der Waals surface area (Å²) in [5.74, 6) is -0.543. The van der Waals surface area contributed by atoms with E-state index in [1.807, 2.05) is 6.92 Å². The molecule has 0 aromatic heterocycles. The SMILES string of the molecule is CCCO[C@@H]1O[C@H](CNC(=O)c2ccc(S(N)(=O)=O)cc2)[C@@H](O)[C@H](O)[C@H]1O. The van der Waals surface area contributed by atoms with Gasteiger partial charge in [0.15, 0.2) is 6.29 Å². The summed E-state index contributed by atoms with van der Waals surface area (Å²) in [5.41, 5.74) is 0.173. The van der Waals surface area contributed by atoms with Crippen molar-refractivity contribution >= 4 is 15.9 Å². The van der Waals surface area contributed by atoms with E-state index >= 15 is 0 Å². The van der Waals surface area contributed by atoms with Gasteiger partial charge < -0.3 is 30.1 Å². The normalized spacial score (nSPS) is 28.7. The predicted octanol–water partition coefficient (Wildman–Crippen LogP) is -1.70. The maximum Gasteiger partial charge on any atom is 0.251 e. The van der Waals surface area contributed by atoms with Gasteiger partial charge in [-0.15, -0.1) is 0 Å². The lowest BCUT2D eigenvalue weighted by molar-refractivity contribution is -0.295. The number of hydrogen-bond acceptors (Lipinski definition) is 8. The Morgan fingerprint density at radius 1 is 1.19 bits per heavy atom. The van der Waals surface area contributed by atoms with Crippen molar-refractivity contribution in [2.75, 3.05) is 13.2 Å². The molecule has 10 nitrogen and oxygen atoms in total. The van der Waals surface area contributed by atoms with Gasteiger partial charge in [-0.05, 0) is 30.7 Å². The van der Waals surface area contributed by atoms with Crippen LogP contribution in [0.5, 0.6) is 0 Å². The molecule has 1 heterocycles. The van der Waals surface area contributed by atoms with Crippen LogP contribution in [0.3, 0.4) is 0 Å². The van der Waals surface area contributed by atoms with E-state index in [1.165, 1.54) is 24.3 Å². The van der Waals surface area contributed by atoms with E-state index in [4.69, 9.17) is 14.6 Å². The summed E-state index contributed by atoms with van der Waals surface area (Å²) >= 11 is 0. The van der Waals surface area contributed by atoms with Crippen LogP contribution in [0.15, 0.2) is 29.2 Å². The lowest BCUT2D eigenvalue weighted by Crippen LogP contribution is -2.60. The van der Waals surface area contributed by atoms with E-state index in [1.54, 1.807) is 0 Å². The van der Waals surface area contributed by atoms with Crippen molar-refractivity contribution in [1.82, 2.24) is 5.32 Å². The van der Waals surface area contributed by atoms with Gasteiger partial charge in [-0.1, -0.05) is 6.92 Å². The number of primary sulfonamides is 1. The van der Waals surface area contributed by atoms with Crippen molar-refractivity contribution < 1.29 is 38.0 Å². The molecule has 27 heavy (non-hydrogen) atoms. The Morgan fingerprint density at radius 3 is 2.37 bits per heavy atom. The lowest BCUT2D eigenvalue weighted by Gasteiger charge is -2.40. The van der Waals surface area contributed by atoms with Crippen LogP contribution in [0.2, 0.25) is 0 Å². The summed E-state index contributed by atoms with van der Waals surface area (Å²) in [7, 11) is -3.86. The molecule has 0 unspecified atom stereocenters. The Hall–Kier alpha value is -1.60. The number of nitrogens with two attached hydrogens (primary N) is 1. The van der Waals surface area contributed by atoms with Crippen LogP contribution in [0.1, 0.15) is 23.7 Å². The van der Waals surface area contributed by atoms with Crippen molar-refractivity contribution in [1.29, 1.82) is 0 Å². The molecule has 6 N–H and O–H groups in total. The van der Waals surface area contributed by atoms with Gasteiger partial charge in [0.25, 0.3) is 5.91 Å². The number of sulfonamides is 1. The maximum atomic E-state index is 12.2. The second-order valence-electron chi connectivity index (χ2n) is 6.16. The van der Waals surface area contributed by atoms with Gasteiger partial charge in [0.05, 0.1) is 4.90 Å². The summed E-state index contributed by atoms with van der Waals surface area (Å²) in [5, 5.41) is 37.4. The summed E-state index contributed by atoms with van der Waals surface area (Å²) in [6, 6.07) is 4.98. The number of benzene rings is 1. The smallest absolute Gasteiger partial charge is 0.251 e. The second-order valence-corrected chi connectivity index (χ2v) is 7.73. The molecule has 0 aliphatic carbocycles. The molecule has 11 heteroatoms. The van der Waals surface area contributed by atoms with Crippen LogP contribution < -0.4 is 10.5 Å². The van der Waals surface area contributed by atoms with Crippen molar-refractivity contribution in [3.05, 3.63) is 29.8 Å². The van der Waals surface area contributed by atoms with Gasteiger partial charge in [0.1, 0.15) is 24.4 Å². The fraction of sp³-hybridized carbons (Fsp3) is 0.562. The Bertz CT molecular complexity index is 739. The molecule has 1 aromatic carbocycles. The number of aliphatic hydroxyl groups is 3. The first-order valence-corrected chi connectivity index (χ1v) is 9.92. The molecule has 0 spiro atoms. The molecule has 0 bridgehead atoms. The Labute approximate surface area is 156 Å². The van der Waals surface area contributed by atoms with Crippen LogP contribution in [-0.4, -0.2) is 73.5 Å². The molecule has 1 amide bonds. The maximum absolute atomic E-state index is 12.2. The number of aliphatic hydroxyl groups excluding tert-OH is 3. The van der Waals surface area contributed by atoms with E-state index in [0.717, 1.165) is 0 Å². The zero-order valence-electron chi connectivity index (χ0n) is 14.7. The minimum absolute atomic E-state index is 0.127. The van der Waals surface area contributed by atoms with E-state index in [2.05, 4.69) is 5.32 Å². The summed E-state index contributed by atoms with van der Waals surface area (Å²) < 4.78 is 33.2. The number of rotatable bonds is 7. The number of ether oxygens (including phenoxy) is 2. The molecule has 1 aromatic rings. The second kappa shape index (κ2) is 9.06. The molecule has 1 fully saturated rings. The summed E-state index contributed by atoms with van der Waals surface area (Å²) in [6.45, 7) is 1.99. The van der Waals surface area contributed by atoms with Crippen LogP contribution >= 0.6 is 0 Å². The van der Waals surface area contributed by atoms with Crippen molar-refractivity contribution in [2.24, 2.45) is 5.14 Å². The first-order chi connectivity index (χ1) is 12.6. The minimum atomic E-state index is -3.86. The average Bonchev–Trinajstić information content (AvgIpc) is 2.64. The van der Waals surface area contributed by atoms with E-state index in [-0.39, 0.29) is 17.0 Å². The Kier molecular flexibility index (Phi) is 7.28. The van der Waals surface area contributed by atoms with Gasteiger partial charge in [-0.3, -0.25) is 4.79 Å². The van der Waals surface area contributed by atoms with Crippen molar-refractivity contribution in [3.8, 4) is 0 Å². The number of amides is 1. The van der Waals surface area contributed by atoms with Gasteiger partial charge in [0.2, 0.25) is 10.0 Å². The molecule has 152 valence electrons. The molecule has 1 aliphatic rings. The van der Waals surface area contributed by atoms with E-state index in [9.17, 15) is 28.5 Å². The van der Waals surface area contributed by atoms with Crippen molar-refractivity contribution in [3.63, 3.8) is 0 Å². The lowest BCUT2D eigenvalue weighted by atomic mass is 9.98. The fourth-order valence-corrected chi connectivity index (χ4v) is 3.06. The number of carbonyl (C=O) groups is 1. The standard InChI is InChI=1S/C16H24N2O8S/c1-2-7-25-16-14(21)13(20)12(19)11(26-16)8-18-15(22)9-3-5-10(6-4-9)27(17,23)24/h3-6,11-14,16,19-21H,2,7-8H2,1H3,(H,18,22)(H2,17,23,24)/t11-,12-,13+,14-,16-/m1/s1. The molecule has 0 radical (unpaired) electrons. The molecule has 0 saturated carbocycles. The number of hydrogen-bond donors (Lipinski definition) is 5. The van der Waals surface area contributed by atoms with Gasteiger partial charge in [0, 0.05) is 18.7 Å². The minimum Gasteiger partial charge on any atom is -0.388 e. The monoisotopic (exact) mass is 404 g/mol. The van der Waals surface area contributed by atoms with Crippen LogP contribution in [0, 0.1) is 0 Å². The quantitative estimate of drug-likeness (QED) is 0.358. The molecule has 1 saturated heterocycles. The van der Waals surface area contributed by atoms with Crippen LogP contribution in [-0.2, 0) is 19.5 Å². The van der Waals surface area contributed by atoms with Crippen LogP contribution in [0.25, 0.3) is 0 Å². The molecule has 1 aliphatic heterocycles. The van der Waals surface area contributed by atoms with E-state index in [0.29, 0.717) is 13.0 Å². The number of nitrogens with one attached hydrogen (secondary N) is 1. The molecule has 2 rings (SSSR count). The van der Waals surface area contributed by atoms with Crippen molar-refractivity contribution in [2.45, 2.75) is 48.9 Å². The highest BCUT2D eigenvalue weighted by molar-refractivity contribution is 7.89. The third kappa shape index (κ3) is 5.45. The summed E-state index contributed by atoms with van der Waals surface area (Å²) in [6.07, 6.45) is -5.79. The van der Waals surface area contributed by atoms with Crippen LogP contribution in [0.4, 0.5) is 0 Å². The first kappa shape index (κ1) is 21.7. The molecule has 5 atom stereocenters. The topological polar surface area (TPSA) is 168 Å². The predicted molar refractivity (Wildman–Crippen MR) is 93.1 cm³/mol. The molecular weight excluding hydrogens is 380 g/mol. The fourth-order valence-electron chi connectivity index (χ4n) is 2.55. The highest BCUT2D eigenvalue weighted by atomic mass is 32.2. The third-order valence-electron chi connectivity index (χ3n) is 4.06. The average molecular weight is 404 g/mol. The summed E-state index contributed by atoms with van der Waals surface area (Å²) in [4.78, 5) is 12.1. The zero-order valence-corrected chi connectivity index (χ0v) is 15.5. The van der Waals surface area contributed by atoms with Gasteiger partial charge in [-0.25, -0.2) is 13.6 Å². The third-order valence-corrected chi connectivity index (χ3v) is 4.99. The van der Waals surface area contributed by atoms with Gasteiger partial charge in [-0.2, -0.15) is 0 Å². The zero-order chi connectivity index (χ0) is 20.2. The van der Waals surface area contributed by atoms with E-state index < -0.39 is 46.6 Å². The largest absolute Gasteiger partial charge is 0.388 e. The Balaban J connectivity index is 1.98. The first-order valence-electron chi connectivity index (χ1n) is 8.37.